The molecule has 0 radical (unpaired) electrons. The summed E-state index contributed by atoms with van der Waals surface area (Å²) in [5, 5.41) is 5.77. The van der Waals surface area contributed by atoms with E-state index in [1.165, 1.54) is 0 Å². The molecule has 2 N–H and O–H groups in total. The third-order valence-electron chi connectivity index (χ3n) is 4.41. The van der Waals surface area contributed by atoms with Gasteiger partial charge in [-0.2, -0.15) is 0 Å². The van der Waals surface area contributed by atoms with E-state index in [-0.39, 0.29) is 24.0 Å². The molecule has 1 rings (SSSR count). The zero-order valence-corrected chi connectivity index (χ0v) is 15.3. The van der Waals surface area contributed by atoms with Gasteiger partial charge in [0.2, 0.25) is 11.8 Å². The molecule has 1 heterocycles. The SMILES string of the molecule is CCNC(=O)C(C)(C)CNC(=O)[C@@H](CC)N1CCO[C@@H](CC)C1. The van der Waals surface area contributed by atoms with Crippen LogP contribution >= 0.6 is 0 Å². The van der Waals surface area contributed by atoms with Crippen LogP contribution in [0.1, 0.15) is 47.5 Å². The molecule has 6 heteroatoms. The molecule has 23 heavy (non-hydrogen) atoms. The molecule has 1 fully saturated rings. The summed E-state index contributed by atoms with van der Waals surface area (Å²) in [5.74, 6) is -0.0348. The molecule has 6 nitrogen and oxygen atoms in total. The summed E-state index contributed by atoms with van der Waals surface area (Å²) in [5.41, 5.74) is -0.610. The number of carbonyl (C=O) groups is 2. The summed E-state index contributed by atoms with van der Waals surface area (Å²) in [7, 11) is 0. The maximum Gasteiger partial charge on any atom is 0.237 e. The van der Waals surface area contributed by atoms with Crippen LogP contribution in [0.15, 0.2) is 0 Å². The van der Waals surface area contributed by atoms with E-state index in [0.717, 1.165) is 25.9 Å². The molecule has 0 aromatic carbocycles. The van der Waals surface area contributed by atoms with E-state index in [1.807, 2.05) is 27.7 Å². The molecular formula is C17H33N3O3. The molecule has 0 unspecified atom stereocenters. The van der Waals surface area contributed by atoms with Crippen molar-refractivity contribution in [1.29, 1.82) is 0 Å². The van der Waals surface area contributed by atoms with Crippen molar-refractivity contribution in [3.8, 4) is 0 Å². The molecule has 2 amide bonds. The fourth-order valence-electron chi connectivity index (χ4n) is 2.79. The van der Waals surface area contributed by atoms with Gasteiger partial charge >= 0.3 is 0 Å². The summed E-state index contributed by atoms with van der Waals surface area (Å²) in [6, 6.07) is -0.155. The topological polar surface area (TPSA) is 70.7 Å². The molecule has 0 aromatic heterocycles. The van der Waals surface area contributed by atoms with Gasteiger partial charge in [-0.1, -0.05) is 13.8 Å². The number of ether oxygens (including phenoxy) is 1. The first-order valence-corrected chi connectivity index (χ1v) is 8.77. The van der Waals surface area contributed by atoms with Crippen molar-refractivity contribution in [2.45, 2.75) is 59.6 Å². The Morgan fingerprint density at radius 1 is 1.26 bits per heavy atom. The van der Waals surface area contributed by atoms with Gasteiger partial charge in [-0.15, -0.1) is 0 Å². The molecule has 0 saturated carbocycles. The summed E-state index contributed by atoms with van der Waals surface area (Å²) < 4.78 is 5.68. The van der Waals surface area contributed by atoms with Crippen LogP contribution in [0.5, 0.6) is 0 Å². The van der Waals surface area contributed by atoms with Gasteiger partial charge in [0, 0.05) is 26.2 Å². The van der Waals surface area contributed by atoms with Crippen LogP contribution in [0.2, 0.25) is 0 Å². The first-order chi connectivity index (χ1) is 10.9. The number of morpholine rings is 1. The van der Waals surface area contributed by atoms with Gasteiger partial charge in [0.15, 0.2) is 0 Å². The van der Waals surface area contributed by atoms with E-state index in [1.54, 1.807) is 0 Å². The fraction of sp³-hybridized carbons (Fsp3) is 0.882. The highest BCUT2D eigenvalue weighted by atomic mass is 16.5. The number of amides is 2. The van der Waals surface area contributed by atoms with Crippen LogP contribution < -0.4 is 10.6 Å². The van der Waals surface area contributed by atoms with Gasteiger partial charge in [0.25, 0.3) is 0 Å². The summed E-state index contributed by atoms with van der Waals surface area (Å²) >= 11 is 0. The molecule has 1 aliphatic heterocycles. The summed E-state index contributed by atoms with van der Waals surface area (Å²) in [6.07, 6.45) is 1.92. The summed E-state index contributed by atoms with van der Waals surface area (Å²) in [4.78, 5) is 26.8. The van der Waals surface area contributed by atoms with Crippen LogP contribution in [-0.4, -0.2) is 61.6 Å². The Morgan fingerprint density at radius 3 is 2.52 bits per heavy atom. The molecule has 0 bridgehead atoms. The molecule has 134 valence electrons. The number of nitrogens with one attached hydrogen (secondary N) is 2. The second-order valence-electron chi connectivity index (χ2n) is 6.78. The monoisotopic (exact) mass is 327 g/mol. The number of rotatable bonds is 8. The van der Waals surface area contributed by atoms with E-state index in [4.69, 9.17) is 4.74 Å². The van der Waals surface area contributed by atoms with E-state index < -0.39 is 5.41 Å². The first kappa shape index (κ1) is 19.9. The lowest BCUT2D eigenvalue weighted by molar-refractivity contribution is -0.132. The quantitative estimate of drug-likeness (QED) is 0.702. The van der Waals surface area contributed by atoms with Crippen LogP contribution in [-0.2, 0) is 14.3 Å². The van der Waals surface area contributed by atoms with Crippen molar-refractivity contribution in [2.75, 3.05) is 32.8 Å². The molecule has 0 aliphatic carbocycles. The Kier molecular flexibility index (Phi) is 7.99. The maximum atomic E-state index is 12.6. The van der Waals surface area contributed by atoms with Crippen molar-refractivity contribution < 1.29 is 14.3 Å². The Morgan fingerprint density at radius 2 is 1.96 bits per heavy atom. The Bertz CT molecular complexity index is 399. The minimum absolute atomic E-state index is 0.00151. The van der Waals surface area contributed by atoms with Gasteiger partial charge in [-0.05, 0) is 33.6 Å². The van der Waals surface area contributed by atoms with Gasteiger partial charge in [0.1, 0.15) is 0 Å². The Balaban J connectivity index is 2.58. The van der Waals surface area contributed by atoms with Crippen LogP contribution in [0, 0.1) is 5.41 Å². The number of carbonyl (C=O) groups excluding carboxylic acids is 2. The lowest BCUT2D eigenvalue weighted by Gasteiger charge is -2.37. The zero-order valence-electron chi connectivity index (χ0n) is 15.3. The molecule has 1 saturated heterocycles. The predicted molar refractivity (Wildman–Crippen MR) is 91.2 cm³/mol. The lowest BCUT2D eigenvalue weighted by Crippen LogP contribution is -2.55. The van der Waals surface area contributed by atoms with Gasteiger partial charge in [-0.3, -0.25) is 14.5 Å². The molecule has 0 aromatic rings. The smallest absolute Gasteiger partial charge is 0.237 e. The zero-order chi connectivity index (χ0) is 17.5. The molecule has 2 atom stereocenters. The van der Waals surface area contributed by atoms with Gasteiger partial charge in [-0.25, -0.2) is 0 Å². The highest BCUT2D eigenvalue weighted by Crippen LogP contribution is 2.16. The van der Waals surface area contributed by atoms with Crippen molar-refractivity contribution >= 4 is 11.8 Å². The highest BCUT2D eigenvalue weighted by molar-refractivity contribution is 5.85. The third kappa shape index (κ3) is 5.77. The lowest BCUT2D eigenvalue weighted by atomic mass is 9.92. The second kappa shape index (κ2) is 9.23. The van der Waals surface area contributed by atoms with Crippen LogP contribution in [0.3, 0.4) is 0 Å². The molecule has 1 aliphatic rings. The number of hydrogen-bond acceptors (Lipinski definition) is 4. The largest absolute Gasteiger partial charge is 0.376 e. The van der Waals surface area contributed by atoms with E-state index >= 15 is 0 Å². The van der Waals surface area contributed by atoms with Crippen molar-refractivity contribution in [2.24, 2.45) is 5.41 Å². The second-order valence-corrected chi connectivity index (χ2v) is 6.78. The molecule has 0 spiro atoms. The maximum absolute atomic E-state index is 12.6. The summed E-state index contributed by atoms with van der Waals surface area (Å²) in [6.45, 7) is 12.9. The first-order valence-electron chi connectivity index (χ1n) is 8.77. The van der Waals surface area contributed by atoms with E-state index in [9.17, 15) is 9.59 Å². The van der Waals surface area contributed by atoms with Crippen LogP contribution in [0.25, 0.3) is 0 Å². The van der Waals surface area contributed by atoms with Crippen molar-refractivity contribution in [1.82, 2.24) is 15.5 Å². The average molecular weight is 327 g/mol. The van der Waals surface area contributed by atoms with Gasteiger partial charge in [0.05, 0.1) is 24.2 Å². The third-order valence-corrected chi connectivity index (χ3v) is 4.41. The van der Waals surface area contributed by atoms with E-state index in [2.05, 4.69) is 22.5 Å². The Hall–Kier alpha value is -1.14. The molecular weight excluding hydrogens is 294 g/mol. The van der Waals surface area contributed by atoms with Crippen molar-refractivity contribution in [3.05, 3.63) is 0 Å². The number of nitrogens with zero attached hydrogens (tertiary/aromatic N) is 1. The minimum Gasteiger partial charge on any atom is -0.376 e. The normalized spacial score (nSPS) is 20.8. The standard InChI is InChI=1S/C17H33N3O3/c1-6-13-11-20(9-10-23-13)14(7-2)15(21)19-12-17(4,5)16(22)18-8-3/h13-14H,6-12H2,1-5H3,(H,18,22)(H,19,21)/t13-,14+/m0/s1. The Labute approximate surface area is 140 Å². The van der Waals surface area contributed by atoms with Crippen molar-refractivity contribution in [3.63, 3.8) is 0 Å². The number of hydrogen-bond donors (Lipinski definition) is 2. The minimum atomic E-state index is -0.610. The van der Waals surface area contributed by atoms with Gasteiger partial charge < -0.3 is 15.4 Å². The van der Waals surface area contributed by atoms with Crippen LogP contribution in [0.4, 0.5) is 0 Å². The van der Waals surface area contributed by atoms with E-state index in [0.29, 0.717) is 19.7 Å². The average Bonchev–Trinajstić information content (AvgIpc) is 2.54. The predicted octanol–water partition coefficient (Wildman–Crippen LogP) is 1.15. The highest BCUT2D eigenvalue weighted by Gasteiger charge is 2.32. The fourth-order valence-corrected chi connectivity index (χ4v) is 2.79.